The molecule has 0 radical (unpaired) electrons. The highest BCUT2D eigenvalue weighted by Crippen LogP contribution is 2.15. The first-order chi connectivity index (χ1) is 8.16. The van der Waals surface area contributed by atoms with E-state index < -0.39 is 16.8 Å². The van der Waals surface area contributed by atoms with Gasteiger partial charge in [0.05, 0.1) is 22.2 Å². The van der Waals surface area contributed by atoms with Crippen molar-refractivity contribution in [2.45, 2.75) is 10.6 Å². The Morgan fingerprint density at radius 2 is 2.06 bits per heavy atom. The number of rotatable bonds is 4. The van der Waals surface area contributed by atoms with Crippen LogP contribution in [0.25, 0.3) is 0 Å². The van der Waals surface area contributed by atoms with Crippen LogP contribution in [0.3, 0.4) is 0 Å². The average molecular weight is 267 g/mol. The van der Waals surface area contributed by atoms with Crippen LogP contribution < -0.4 is 0 Å². The van der Waals surface area contributed by atoms with Crippen LogP contribution >= 0.6 is 11.3 Å². The zero-order valence-electron chi connectivity index (χ0n) is 8.70. The van der Waals surface area contributed by atoms with E-state index in [1.54, 1.807) is 17.5 Å². The summed E-state index contributed by atoms with van der Waals surface area (Å²) in [5, 5.41) is 10.4. The lowest BCUT2D eigenvalue weighted by Gasteiger charge is -1.98. The fourth-order valence-corrected chi connectivity index (χ4v) is 3.07. The van der Waals surface area contributed by atoms with Crippen molar-refractivity contribution in [2.75, 3.05) is 0 Å². The number of thiazole rings is 1. The Bertz CT molecular complexity index is 551. The van der Waals surface area contributed by atoms with Gasteiger partial charge in [0.25, 0.3) is 0 Å². The third-order valence-electron chi connectivity index (χ3n) is 2.02. The molecule has 0 saturated heterocycles. The van der Waals surface area contributed by atoms with Crippen molar-refractivity contribution >= 4 is 28.1 Å². The Balaban J connectivity index is 2.11. The Kier molecular flexibility index (Phi) is 3.65. The van der Waals surface area contributed by atoms with Gasteiger partial charge in [-0.05, 0) is 12.1 Å². The Hall–Kier alpha value is -1.53. The molecule has 0 amide bonds. The van der Waals surface area contributed by atoms with Crippen molar-refractivity contribution in [2.24, 2.45) is 0 Å². The third-order valence-corrected chi connectivity index (χ3v) is 4.25. The molecule has 0 bridgehead atoms. The first kappa shape index (κ1) is 11.9. The van der Waals surface area contributed by atoms with Crippen molar-refractivity contribution in [3.05, 3.63) is 46.4 Å². The summed E-state index contributed by atoms with van der Waals surface area (Å²) in [6.07, 6.45) is 0. The fraction of sp³-hybridized carbons (Fsp3) is 0.0909. The highest BCUT2D eigenvalue weighted by molar-refractivity contribution is 7.84. The summed E-state index contributed by atoms with van der Waals surface area (Å²) in [7, 11) is -1.18. The SMILES string of the molecule is O=C(O)c1nc(CS(=O)c2ccccc2)cs1. The molecule has 1 N–H and O–H groups in total. The molecular formula is C11H9NO3S2. The van der Waals surface area contributed by atoms with E-state index in [0.717, 1.165) is 16.2 Å². The highest BCUT2D eigenvalue weighted by atomic mass is 32.2. The lowest BCUT2D eigenvalue weighted by molar-refractivity contribution is 0.0696. The minimum absolute atomic E-state index is 0.0325. The van der Waals surface area contributed by atoms with Crippen LogP contribution in [-0.4, -0.2) is 20.3 Å². The van der Waals surface area contributed by atoms with Crippen molar-refractivity contribution in [1.29, 1.82) is 0 Å². The topological polar surface area (TPSA) is 67.3 Å². The molecule has 0 fully saturated rings. The van der Waals surface area contributed by atoms with E-state index in [1.807, 2.05) is 18.2 Å². The van der Waals surface area contributed by atoms with Gasteiger partial charge in [-0.15, -0.1) is 11.3 Å². The number of nitrogens with zero attached hydrogens (tertiary/aromatic N) is 1. The van der Waals surface area contributed by atoms with Crippen LogP contribution in [-0.2, 0) is 16.6 Å². The van der Waals surface area contributed by atoms with Crippen LogP contribution in [0.4, 0.5) is 0 Å². The molecule has 1 atom stereocenters. The first-order valence-corrected chi connectivity index (χ1v) is 6.98. The summed E-state index contributed by atoms with van der Waals surface area (Å²) in [5.41, 5.74) is 0.551. The second kappa shape index (κ2) is 5.20. The minimum atomic E-state index is -1.18. The van der Waals surface area contributed by atoms with Crippen LogP contribution in [0.5, 0.6) is 0 Å². The third kappa shape index (κ3) is 2.98. The van der Waals surface area contributed by atoms with E-state index in [4.69, 9.17) is 5.11 Å². The average Bonchev–Trinajstić information content (AvgIpc) is 2.79. The summed E-state index contributed by atoms with van der Waals surface area (Å²) < 4.78 is 11.9. The van der Waals surface area contributed by atoms with Crippen LogP contribution in [0.2, 0.25) is 0 Å². The van der Waals surface area contributed by atoms with E-state index in [9.17, 15) is 9.00 Å². The Morgan fingerprint density at radius 3 is 2.65 bits per heavy atom. The number of carbonyl (C=O) groups is 1. The molecule has 6 heteroatoms. The lowest BCUT2D eigenvalue weighted by Crippen LogP contribution is -1.99. The van der Waals surface area contributed by atoms with Crippen LogP contribution in [0.1, 0.15) is 15.5 Å². The van der Waals surface area contributed by atoms with E-state index in [0.29, 0.717) is 5.69 Å². The fourth-order valence-electron chi connectivity index (χ4n) is 1.26. The summed E-state index contributed by atoms with van der Waals surface area (Å²) in [6.45, 7) is 0. The van der Waals surface area contributed by atoms with Gasteiger partial charge in [0.1, 0.15) is 0 Å². The molecule has 0 spiro atoms. The van der Waals surface area contributed by atoms with Gasteiger partial charge in [-0.25, -0.2) is 9.78 Å². The molecule has 1 heterocycles. The van der Waals surface area contributed by atoms with Gasteiger partial charge in [0.2, 0.25) is 5.01 Å². The molecule has 4 nitrogen and oxygen atoms in total. The van der Waals surface area contributed by atoms with E-state index in [-0.39, 0.29) is 10.8 Å². The van der Waals surface area contributed by atoms with Gasteiger partial charge < -0.3 is 5.11 Å². The van der Waals surface area contributed by atoms with Crippen molar-refractivity contribution in [1.82, 2.24) is 4.98 Å². The normalized spacial score (nSPS) is 12.2. The molecule has 0 aliphatic carbocycles. The van der Waals surface area contributed by atoms with Gasteiger partial charge in [0.15, 0.2) is 0 Å². The molecule has 88 valence electrons. The summed E-state index contributed by atoms with van der Waals surface area (Å²) in [5.74, 6) is -0.805. The maximum Gasteiger partial charge on any atom is 0.365 e. The number of carboxylic acids is 1. The second-order valence-corrected chi connectivity index (χ2v) is 5.56. The number of hydrogen-bond acceptors (Lipinski definition) is 4. The number of carboxylic acid groups (broad SMARTS) is 1. The summed E-state index contributed by atoms with van der Waals surface area (Å²) in [4.78, 5) is 15.3. The van der Waals surface area contributed by atoms with E-state index in [1.165, 1.54) is 0 Å². The van der Waals surface area contributed by atoms with Crippen LogP contribution in [0, 0.1) is 0 Å². The van der Waals surface area contributed by atoms with E-state index in [2.05, 4.69) is 4.98 Å². The van der Waals surface area contributed by atoms with Gasteiger partial charge in [-0.3, -0.25) is 4.21 Å². The Morgan fingerprint density at radius 1 is 1.35 bits per heavy atom. The molecule has 0 aliphatic rings. The highest BCUT2D eigenvalue weighted by Gasteiger charge is 2.11. The number of benzene rings is 1. The van der Waals surface area contributed by atoms with Gasteiger partial charge in [0, 0.05) is 10.3 Å². The maximum absolute atomic E-state index is 11.9. The Labute approximate surface area is 104 Å². The smallest absolute Gasteiger partial charge is 0.365 e. The quantitative estimate of drug-likeness (QED) is 0.921. The van der Waals surface area contributed by atoms with E-state index >= 15 is 0 Å². The molecule has 0 aliphatic heterocycles. The van der Waals surface area contributed by atoms with Gasteiger partial charge >= 0.3 is 5.97 Å². The minimum Gasteiger partial charge on any atom is -0.476 e. The lowest BCUT2D eigenvalue weighted by atomic mass is 10.4. The molecule has 1 aromatic carbocycles. The second-order valence-electron chi connectivity index (χ2n) is 3.25. The maximum atomic E-state index is 11.9. The molecule has 2 aromatic rings. The summed E-state index contributed by atoms with van der Waals surface area (Å²) >= 11 is 1.05. The predicted molar refractivity (Wildman–Crippen MR) is 65.6 cm³/mol. The van der Waals surface area contributed by atoms with Crippen molar-refractivity contribution in [3.63, 3.8) is 0 Å². The number of aromatic nitrogens is 1. The first-order valence-electron chi connectivity index (χ1n) is 4.78. The molecular weight excluding hydrogens is 258 g/mol. The zero-order chi connectivity index (χ0) is 12.3. The molecule has 17 heavy (non-hydrogen) atoms. The standard InChI is InChI=1S/C11H9NO3S2/c13-11(14)10-12-8(6-16-10)7-17(15)9-4-2-1-3-5-9/h1-6H,7H2,(H,13,14). The van der Waals surface area contributed by atoms with Gasteiger partial charge in [-0.1, -0.05) is 18.2 Å². The molecule has 1 unspecified atom stereocenters. The molecule has 0 saturated carbocycles. The predicted octanol–water partition coefficient (Wildman–Crippen LogP) is 2.15. The largest absolute Gasteiger partial charge is 0.476 e. The van der Waals surface area contributed by atoms with Crippen LogP contribution in [0.15, 0.2) is 40.6 Å². The van der Waals surface area contributed by atoms with Crippen molar-refractivity contribution < 1.29 is 14.1 Å². The monoisotopic (exact) mass is 267 g/mol. The summed E-state index contributed by atoms with van der Waals surface area (Å²) in [6, 6.07) is 9.04. The van der Waals surface area contributed by atoms with Crippen molar-refractivity contribution in [3.8, 4) is 0 Å². The number of aromatic carboxylic acids is 1. The molecule has 1 aromatic heterocycles. The zero-order valence-corrected chi connectivity index (χ0v) is 10.3. The molecule has 2 rings (SSSR count). The van der Waals surface area contributed by atoms with Gasteiger partial charge in [-0.2, -0.15) is 0 Å². The number of hydrogen-bond donors (Lipinski definition) is 1.